The number of nitrogens with zero attached hydrogens (tertiary/aromatic N) is 3. The van der Waals surface area contributed by atoms with Gasteiger partial charge >= 0.3 is 11.9 Å². The van der Waals surface area contributed by atoms with Gasteiger partial charge in [-0.3, -0.25) is 24.5 Å². The molecule has 0 fully saturated rings. The van der Waals surface area contributed by atoms with Gasteiger partial charge in [-0.1, -0.05) is 18.2 Å². The van der Waals surface area contributed by atoms with E-state index in [0.29, 0.717) is 48.3 Å². The number of carboxylic acid groups (broad SMARTS) is 2. The van der Waals surface area contributed by atoms with E-state index in [0.717, 1.165) is 17.5 Å². The second kappa shape index (κ2) is 14.8. The average Bonchev–Trinajstić information content (AvgIpc) is 3.10. The van der Waals surface area contributed by atoms with Crippen LogP contribution in [0.1, 0.15) is 44.1 Å². The van der Waals surface area contributed by atoms with Crippen molar-refractivity contribution in [1.29, 1.82) is 0 Å². The van der Waals surface area contributed by atoms with Crippen LogP contribution in [0.3, 0.4) is 0 Å². The third kappa shape index (κ3) is 7.66. The van der Waals surface area contributed by atoms with Crippen LogP contribution in [0, 0.1) is 0 Å². The van der Waals surface area contributed by atoms with Crippen molar-refractivity contribution in [3.63, 3.8) is 0 Å². The Morgan fingerprint density at radius 1 is 0.800 bits per heavy atom. The van der Waals surface area contributed by atoms with E-state index in [1.54, 1.807) is 18.5 Å². The molecule has 4 aromatic rings. The van der Waals surface area contributed by atoms with E-state index in [-0.39, 0.29) is 58.0 Å². The Bertz CT molecular complexity index is 2180. The first-order chi connectivity index (χ1) is 24.2. The summed E-state index contributed by atoms with van der Waals surface area (Å²) in [5, 5.41) is 33.9. The summed E-state index contributed by atoms with van der Waals surface area (Å²) in [5.74, 6) is -2.85. The van der Waals surface area contributed by atoms with Crippen LogP contribution >= 0.6 is 0 Å². The zero-order valence-corrected chi connectivity index (χ0v) is 26.7. The molecule has 2 aromatic heterocycles. The summed E-state index contributed by atoms with van der Waals surface area (Å²) in [6.07, 6.45) is 3.67. The van der Waals surface area contributed by atoms with Crippen molar-refractivity contribution in [2.75, 3.05) is 13.1 Å². The van der Waals surface area contributed by atoms with Gasteiger partial charge in [-0.15, -0.1) is 0 Å². The first-order valence-corrected chi connectivity index (χ1v) is 15.8. The van der Waals surface area contributed by atoms with Gasteiger partial charge < -0.3 is 25.1 Å². The summed E-state index contributed by atoms with van der Waals surface area (Å²) >= 11 is 0. The number of benzene rings is 3. The number of hydrogen-bond donors (Lipinski definition) is 4. The van der Waals surface area contributed by atoms with Crippen LogP contribution in [0.2, 0.25) is 0 Å². The van der Waals surface area contributed by atoms with E-state index in [1.165, 1.54) is 36.4 Å². The van der Waals surface area contributed by atoms with Crippen molar-refractivity contribution in [3.8, 4) is 28.2 Å². The van der Waals surface area contributed by atoms with Gasteiger partial charge in [-0.2, -0.15) is 0 Å². The number of aromatic carboxylic acids is 2. The van der Waals surface area contributed by atoms with Gasteiger partial charge in [0.2, 0.25) is 5.91 Å². The number of carboxylic acids is 2. The molecule has 0 atom stereocenters. The van der Waals surface area contributed by atoms with Gasteiger partial charge in [0.05, 0.1) is 22.5 Å². The lowest BCUT2D eigenvalue weighted by atomic mass is 9.89. The number of pyridine rings is 2. The third-order valence-corrected chi connectivity index (χ3v) is 8.25. The minimum Gasteiger partial charge on any atom is -0.508 e. The number of carbonyl (C=O) groups excluding carboxylic acids is 1. The Labute approximate surface area is 285 Å². The topological polar surface area (TPSA) is 183 Å². The monoisotopic (exact) mass is 672 g/mol. The third-order valence-electron chi connectivity index (χ3n) is 8.25. The smallest absolute Gasteiger partial charge is 0.336 e. The van der Waals surface area contributed by atoms with Crippen molar-refractivity contribution in [1.82, 2.24) is 20.2 Å². The molecule has 0 bridgehead atoms. The Morgan fingerprint density at radius 3 is 2.14 bits per heavy atom. The van der Waals surface area contributed by atoms with Crippen LogP contribution in [0.5, 0.6) is 5.75 Å². The van der Waals surface area contributed by atoms with Crippen LogP contribution in [-0.2, 0) is 24.3 Å². The van der Waals surface area contributed by atoms with E-state index in [2.05, 4.69) is 20.2 Å². The fraction of sp³-hybridized carbons (Fsp3) is 0.158. The maximum Gasteiger partial charge on any atom is 0.336 e. The maximum atomic E-state index is 13.0. The van der Waals surface area contributed by atoms with Crippen molar-refractivity contribution >= 4 is 28.8 Å². The van der Waals surface area contributed by atoms with Crippen LogP contribution in [0.4, 0.5) is 0 Å². The Balaban J connectivity index is 1.24. The zero-order valence-electron chi connectivity index (χ0n) is 26.7. The number of amides is 1. The molecular weight excluding hydrogens is 640 g/mol. The number of aryl methyl sites for hydroxylation is 1. The fourth-order valence-corrected chi connectivity index (χ4v) is 5.86. The lowest BCUT2D eigenvalue weighted by molar-refractivity contribution is -0.121. The Kier molecular flexibility index (Phi) is 9.91. The number of fused-ring (bicyclic) bond motifs is 2. The molecule has 0 saturated heterocycles. The summed E-state index contributed by atoms with van der Waals surface area (Å²) in [6, 6.07) is 22.3. The molecule has 12 heteroatoms. The van der Waals surface area contributed by atoms with Gasteiger partial charge in [-0.25, -0.2) is 9.59 Å². The van der Waals surface area contributed by atoms with E-state index < -0.39 is 11.9 Å². The highest BCUT2D eigenvalue weighted by atomic mass is 16.4. The number of aromatic nitrogens is 2. The highest BCUT2D eigenvalue weighted by molar-refractivity contribution is 6.08. The molecule has 2 aromatic carbocycles. The van der Waals surface area contributed by atoms with E-state index in [9.17, 15) is 34.5 Å². The summed E-state index contributed by atoms with van der Waals surface area (Å²) in [7, 11) is 0. The number of nitrogens with one attached hydrogen (secondary N) is 1. The van der Waals surface area contributed by atoms with Gasteiger partial charge in [0, 0.05) is 73.6 Å². The molecule has 50 heavy (non-hydrogen) atoms. The summed E-state index contributed by atoms with van der Waals surface area (Å²) in [4.78, 5) is 60.1. The van der Waals surface area contributed by atoms with Crippen molar-refractivity contribution < 1.29 is 34.1 Å². The number of phenols is 1. The SMILES string of the molecule is O=C(CCc1cc2c(-c3ccc(C(=O)O)cc3C(=O)O)c3ccc(=O)cc-3oc2cc1O)NCCN(Cc1ccccn1)Cc1ccccn1. The minimum atomic E-state index is -1.35. The molecule has 0 unspecified atom stereocenters. The van der Waals surface area contributed by atoms with Gasteiger partial charge in [0.1, 0.15) is 17.1 Å². The zero-order chi connectivity index (χ0) is 35.2. The summed E-state index contributed by atoms with van der Waals surface area (Å²) in [5.41, 5.74) is 2.54. The molecule has 252 valence electrons. The molecule has 0 spiro atoms. The Hall–Kier alpha value is -6.40. The van der Waals surface area contributed by atoms with Gasteiger partial charge in [0.15, 0.2) is 5.43 Å². The number of carbonyl (C=O) groups is 3. The van der Waals surface area contributed by atoms with E-state index in [1.807, 2.05) is 36.4 Å². The fourth-order valence-electron chi connectivity index (χ4n) is 5.86. The molecule has 1 amide bonds. The first kappa shape index (κ1) is 33.5. The molecule has 2 aliphatic rings. The number of aromatic hydroxyl groups is 1. The van der Waals surface area contributed by atoms with Crippen molar-refractivity contribution in [2.24, 2.45) is 0 Å². The predicted molar refractivity (Wildman–Crippen MR) is 184 cm³/mol. The van der Waals surface area contributed by atoms with Crippen LogP contribution < -0.4 is 10.7 Å². The standard InChI is InChI=1S/C38H32N4O8/c43-27-9-11-29-33(19-27)50-34-20-32(44)23(17-31(34)36(29)28-10-7-24(37(46)47)18-30(28)38(48)49)8-12-35(45)41-15-16-42(21-25-5-1-3-13-39-25)22-26-6-2-4-14-40-26/h1-7,9-11,13-14,17-20,44H,8,12,15-16,21-22H2,(H,41,45)(H,46,47)(H,48,49). The number of phenolic OH excluding ortho intramolecular Hbond substituents is 1. The highest BCUT2D eigenvalue weighted by Gasteiger charge is 2.24. The average molecular weight is 673 g/mol. The van der Waals surface area contributed by atoms with Crippen LogP contribution in [-0.4, -0.2) is 61.1 Å². The molecule has 3 heterocycles. The molecule has 1 aliphatic heterocycles. The van der Waals surface area contributed by atoms with Crippen LogP contribution in [0.25, 0.3) is 33.4 Å². The van der Waals surface area contributed by atoms with Crippen molar-refractivity contribution in [3.05, 3.63) is 136 Å². The summed E-state index contributed by atoms with van der Waals surface area (Å²) in [6.45, 7) is 2.04. The van der Waals surface area contributed by atoms with Crippen LogP contribution in [0.15, 0.2) is 107 Å². The largest absolute Gasteiger partial charge is 0.508 e. The quantitative estimate of drug-likeness (QED) is 0.118. The predicted octanol–water partition coefficient (Wildman–Crippen LogP) is 5.21. The molecular formula is C38H32N4O8. The maximum absolute atomic E-state index is 13.0. The lowest BCUT2D eigenvalue weighted by Crippen LogP contribution is -2.34. The van der Waals surface area contributed by atoms with E-state index >= 15 is 0 Å². The molecule has 0 saturated carbocycles. The normalized spacial score (nSPS) is 11.2. The molecule has 12 nitrogen and oxygen atoms in total. The van der Waals surface area contributed by atoms with E-state index in [4.69, 9.17) is 4.42 Å². The minimum absolute atomic E-state index is 0.0484. The van der Waals surface area contributed by atoms with Gasteiger partial charge in [0.25, 0.3) is 0 Å². The second-order valence-corrected chi connectivity index (χ2v) is 11.7. The molecule has 4 N–H and O–H groups in total. The molecule has 0 radical (unpaired) electrons. The number of rotatable bonds is 13. The molecule has 1 aliphatic carbocycles. The van der Waals surface area contributed by atoms with Gasteiger partial charge in [-0.05, 0) is 72.1 Å². The molecule has 6 rings (SSSR count). The number of hydrogen-bond acceptors (Lipinski definition) is 9. The lowest BCUT2D eigenvalue weighted by Gasteiger charge is -2.22. The summed E-state index contributed by atoms with van der Waals surface area (Å²) < 4.78 is 5.98. The van der Waals surface area contributed by atoms with Crippen molar-refractivity contribution in [2.45, 2.75) is 25.9 Å². The Morgan fingerprint density at radius 2 is 1.50 bits per heavy atom. The highest BCUT2D eigenvalue weighted by Crippen LogP contribution is 2.43. The first-order valence-electron chi connectivity index (χ1n) is 15.8. The second-order valence-electron chi connectivity index (χ2n) is 11.7.